The second-order valence-corrected chi connectivity index (χ2v) is 4.47. The zero-order valence-corrected chi connectivity index (χ0v) is 11.4. The highest BCUT2D eigenvalue weighted by Gasteiger charge is 2.22. The number of ether oxygens (including phenoxy) is 1. The van der Waals surface area contributed by atoms with Crippen molar-refractivity contribution in [2.45, 2.75) is 25.9 Å². The average Bonchev–Trinajstić information content (AvgIpc) is 2.44. The molecule has 0 aliphatic heterocycles. The molecule has 0 amide bonds. The first-order valence-corrected chi connectivity index (χ1v) is 6.02. The van der Waals surface area contributed by atoms with Crippen LogP contribution in [0.5, 0.6) is 5.75 Å². The van der Waals surface area contributed by atoms with Crippen molar-refractivity contribution in [1.29, 1.82) is 0 Å². The molecule has 2 unspecified atom stereocenters. The fourth-order valence-electron chi connectivity index (χ4n) is 1.69. The quantitative estimate of drug-likeness (QED) is 0.780. The van der Waals surface area contributed by atoms with Crippen LogP contribution in [0.15, 0.2) is 24.3 Å². The molecule has 0 saturated heterocycles. The number of Topliss-reactive ketones (excluding diaryl/α,β-unsaturated/α-hetero) is 1. The topological polar surface area (TPSA) is 49.8 Å². The summed E-state index contributed by atoms with van der Waals surface area (Å²) in [5, 5.41) is 9.11. The van der Waals surface area contributed by atoms with E-state index in [2.05, 4.69) is 0 Å². The summed E-state index contributed by atoms with van der Waals surface area (Å²) in [4.78, 5) is 14.1. The molecule has 100 valence electrons. The molecule has 0 aliphatic carbocycles. The Morgan fingerprint density at radius 2 is 1.89 bits per heavy atom. The number of hydrogen-bond donors (Lipinski definition) is 1. The molecule has 4 heteroatoms. The van der Waals surface area contributed by atoms with E-state index in [9.17, 15) is 4.79 Å². The standard InChI is InChI=1S/C14H21NO3/c1-10(9-16)15(3)11(2)14(17)12-5-7-13(18-4)8-6-12/h5-8,10-11,16H,9H2,1-4H3. The summed E-state index contributed by atoms with van der Waals surface area (Å²) in [5.41, 5.74) is 0.653. The monoisotopic (exact) mass is 251 g/mol. The van der Waals surface area contributed by atoms with Crippen LogP contribution in [0.2, 0.25) is 0 Å². The van der Waals surface area contributed by atoms with Crippen LogP contribution in [-0.4, -0.2) is 48.6 Å². The Morgan fingerprint density at radius 1 is 1.33 bits per heavy atom. The molecule has 18 heavy (non-hydrogen) atoms. The summed E-state index contributed by atoms with van der Waals surface area (Å²) in [5.74, 6) is 0.775. The highest BCUT2D eigenvalue weighted by Crippen LogP contribution is 2.15. The third-order valence-electron chi connectivity index (χ3n) is 3.32. The minimum atomic E-state index is -0.263. The predicted octanol–water partition coefficient (Wildman–Crippen LogP) is 1.58. The summed E-state index contributed by atoms with van der Waals surface area (Å²) in [6, 6.07) is 6.76. The summed E-state index contributed by atoms with van der Waals surface area (Å²) >= 11 is 0. The van der Waals surface area contributed by atoms with Crippen molar-refractivity contribution in [2.75, 3.05) is 20.8 Å². The molecule has 1 rings (SSSR count). The minimum absolute atomic E-state index is 0.0384. The third kappa shape index (κ3) is 3.31. The number of carbonyl (C=O) groups is 1. The maximum atomic E-state index is 12.2. The van der Waals surface area contributed by atoms with Gasteiger partial charge in [0, 0.05) is 11.6 Å². The Balaban J connectivity index is 2.79. The molecule has 0 bridgehead atoms. The van der Waals surface area contributed by atoms with Gasteiger partial charge in [-0.2, -0.15) is 0 Å². The number of aliphatic hydroxyl groups excluding tert-OH is 1. The van der Waals surface area contributed by atoms with Crippen LogP contribution >= 0.6 is 0 Å². The second kappa shape index (κ2) is 6.52. The van der Waals surface area contributed by atoms with E-state index in [-0.39, 0.29) is 24.5 Å². The first kappa shape index (κ1) is 14.7. The number of methoxy groups -OCH3 is 1. The molecule has 0 saturated carbocycles. The van der Waals surface area contributed by atoms with Crippen LogP contribution in [0.3, 0.4) is 0 Å². The molecule has 1 N–H and O–H groups in total. The summed E-state index contributed by atoms with van der Waals surface area (Å²) < 4.78 is 5.06. The van der Waals surface area contributed by atoms with Crippen LogP contribution in [0, 0.1) is 0 Å². The van der Waals surface area contributed by atoms with Gasteiger partial charge in [-0.05, 0) is 45.2 Å². The Hall–Kier alpha value is -1.39. The number of ketones is 1. The molecule has 0 heterocycles. The van der Waals surface area contributed by atoms with E-state index in [1.807, 2.05) is 25.8 Å². The largest absolute Gasteiger partial charge is 0.497 e. The SMILES string of the molecule is COc1ccc(C(=O)C(C)N(C)C(C)CO)cc1. The van der Waals surface area contributed by atoms with Gasteiger partial charge in [0.2, 0.25) is 0 Å². The second-order valence-electron chi connectivity index (χ2n) is 4.47. The van der Waals surface area contributed by atoms with Crippen LogP contribution in [0.25, 0.3) is 0 Å². The van der Waals surface area contributed by atoms with E-state index in [0.717, 1.165) is 5.75 Å². The van der Waals surface area contributed by atoms with Crippen LogP contribution in [-0.2, 0) is 0 Å². The Morgan fingerprint density at radius 3 is 2.33 bits per heavy atom. The van der Waals surface area contributed by atoms with Gasteiger partial charge < -0.3 is 9.84 Å². The number of rotatable bonds is 6. The van der Waals surface area contributed by atoms with Gasteiger partial charge in [0.25, 0.3) is 0 Å². The number of aliphatic hydroxyl groups is 1. The molecule has 0 aromatic heterocycles. The maximum absolute atomic E-state index is 12.2. The van der Waals surface area contributed by atoms with E-state index in [1.165, 1.54) is 0 Å². The number of nitrogens with zero attached hydrogens (tertiary/aromatic N) is 1. The van der Waals surface area contributed by atoms with Crippen molar-refractivity contribution in [3.8, 4) is 5.75 Å². The molecule has 0 aliphatic rings. The van der Waals surface area contributed by atoms with Crippen molar-refractivity contribution < 1.29 is 14.6 Å². The van der Waals surface area contributed by atoms with Gasteiger partial charge in [-0.3, -0.25) is 9.69 Å². The van der Waals surface area contributed by atoms with Gasteiger partial charge >= 0.3 is 0 Å². The summed E-state index contributed by atoms with van der Waals surface area (Å²) in [6.07, 6.45) is 0. The molecule has 2 atom stereocenters. The van der Waals surface area contributed by atoms with Gasteiger partial charge in [-0.15, -0.1) is 0 Å². The average molecular weight is 251 g/mol. The highest BCUT2D eigenvalue weighted by atomic mass is 16.5. The lowest BCUT2D eigenvalue weighted by molar-refractivity contribution is 0.0763. The van der Waals surface area contributed by atoms with Gasteiger partial charge in [0.1, 0.15) is 5.75 Å². The zero-order valence-electron chi connectivity index (χ0n) is 11.4. The van der Waals surface area contributed by atoms with Crippen LogP contribution in [0.1, 0.15) is 24.2 Å². The smallest absolute Gasteiger partial charge is 0.179 e. The fourth-order valence-corrected chi connectivity index (χ4v) is 1.69. The van der Waals surface area contributed by atoms with E-state index < -0.39 is 0 Å². The number of carbonyl (C=O) groups excluding carboxylic acids is 1. The van der Waals surface area contributed by atoms with Crippen molar-refractivity contribution in [1.82, 2.24) is 4.90 Å². The summed E-state index contributed by atoms with van der Waals surface area (Å²) in [6.45, 7) is 3.77. The molecule has 4 nitrogen and oxygen atoms in total. The van der Waals surface area contributed by atoms with E-state index in [4.69, 9.17) is 9.84 Å². The van der Waals surface area contributed by atoms with Crippen LogP contribution in [0.4, 0.5) is 0 Å². The predicted molar refractivity (Wildman–Crippen MR) is 71.1 cm³/mol. The highest BCUT2D eigenvalue weighted by molar-refractivity contribution is 5.99. The lowest BCUT2D eigenvalue weighted by atomic mass is 10.0. The molecule has 1 aromatic rings. The lowest BCUT2D eigenvalue weighted by Gasteiger charge is -2.28. The van der Waals surface area contributed by atoms with Crippen molar-refractivity contribution in [3.63, 3.8) is 0 Å². The van der Waals surface area contributed by atoms with Gasteiger partial charge in [0.05, 0.1) is 19.8 Å². The Kier molecular flexibility index (Phi) is 5.31. The van der Waals surface area contributed by atoms with Crippen molar-refractivity contribution >= 4 is 5.78 Å². The first-order chi connectivity index (χ1) is 8.51. The van der Waals surface area contributed by atoms with E-state index >= 15 is 0 Å². The Bertz CT molecular complexity index is 389. The number of likely N-dealkylation sites (N-methyl/N-ethyl adjacent to an activating group) is 1. The molecule has 0 fully saturated rings. The van der Waals surface area contributed by atoms with Crippen molar-refractivity contribution in [2.24, 2.45) is 0 Å². The third-order valence-corrected chi connectivity index (χ3v) is 3.32. The van der Waals surface area contributed by atoms with Crippen LogP contribution < -0.4 is 4.74 Å². The lowest BCUT2D eigenvalue weighted by Crippen LogP contribution is -2.43. The van der Waals surface area contributed by atoms with E-state index in [1.54, 1.807) is 31.4 Å². The van der Waals surface area contributed by atoms with Gasteiger partial charge in [-0.1, -0.05) is 0 Å². The van der Waals surface area contributed by atoms with Gasteiger partial charge in [0.15, 0.2) is 5.78 Å². The summed E-state index contributed by atoms with van der Waals surface area (Å²) in [7, 11) is 3.43. The molecular formula is C14H21NO3. The zero-order chi connectivity index (χ0) is 13.7. The molecule has 1 aromatic carbocycles. The van der Waals surface area contributed by atoms with Gasteiger partial charge in [-0.25, -0.2) is 0 Å². The normalized spacial score (nSPS) is 14.3. The van der Waals surface area contributed by atoms with E-state index in [0.29, 0.717) is 5.56 Å². The number of benzene rings is 1. The molecule has 0 spiro atoms. The minimum Gasteiger partial charge on any atom is -0.497 e. The maximum Gasteiger partial charge on any atom is 0.179 e. The van der Waals surface area contributed by atoms with Crippen molar-refractivity contribution in [3.05, 3.63) is 29.8 Å². The Labute approximate surface area is 108 Å². The fraction of sp³-hybridized carbons (Fsp3) is 0.500. The molecule has 0 radical (unpaired) electrons. The molecular weight excluding hydrogens is 230 g/mol. The number of hydrogen-bond acceptors (Lipinski definition) is 4. The first-order valence-electron chi connectivity index (χ1n) is 6.02.